The number of aliphatic hydroxyl groups is 4. The first-order valence-corrected chi connectivity index (χ1v) is 10.4. The summed E-state index contributed by atoms with van der Waals surface area (Å²) in [5, 5.41) is 43.5. The maximum absolute atomic E-state index is 12.7. The Labute approximate surface area is 160 Å². The predicted molar refractivity (Wildman–Crippen MR) is 97.5 cm³/mol. The van der Waals surface area contributed by atoms with Crippen LogP contribution in [0.15, 0.2) is 0 Å². The molecule has 9 atom stereocenters. The summed E-state index contributed by atoms with van der Waals surface area (Å²) in [4.78, 5) is 12.7. The van der Waals surface area contributed by atoms with Crippen LogP contribution in [-0.2, 0) is 9.53 Å². The lowest BCUT2D eigenvalue weighted by Crippen LogP contribution is -2.69. The Bertz CT molecular complexity index is 638. The second-order valence-electron chi connectivity index (χ2n) is 10.4. The minimum atomic E-state index is -1.18. The van der Waals surface area contributed by atoms with Gasteiger partial charge < -0.3 is 25.2 Å². The van der Waals surface area contributed by atoms with Crippen LogP contribution in [0, 0.1) is 34.0 Å². The Morgan fingerprint density at radius 1 is 1.19 bits per heavy atom. The second-order valence-corrected chi connectivity index (χ2v) is 10.4. The van der Waals surface area contributed by atoms with Crippen molar-refractivity contribution in [3.8, 4) is 0 Å². The molecule has 2 bridgehead atoms. The van der Waals surface area contributed by atoms with E-state index < -0.39 is 28.6 Å². The third-order valence-electron chi connectivity index (χ3n) is 9.30. The summed E-state index contributed by atoms with van der Waals surface area (Å²) in [6, 6.07) is 0. The highest BCUT2D eigenvalue weighted by atomic mass is 16.5. The number of fused-ring (bicyclic) bond motifs is 3. The quantitative estimate of drug-likeness (QED) is 0.535. The molecule has 0 amide bonds. The minimum Gasteiger partial charge on any atom is -0.469 e. The van der Waals surface area contributed by atoms with Gasteiger partial charge in [-0.1, -0.05) is 13.3 Å². The lowest BCUT2D eigenvalue weighted by atomic mass is 9.39. The normalized spacial score (nSPS) is 56.9. The van der Waals surface area contributed by atoms with Crippen molar-refractivity contribution in [3.05, 3.63) is 0 Å². The molecule has 4 saturated carbocycles. The van der Waals surface area contributed by atoms with Gasteiger partial charge in [-0.2, -0.15) is 0 Å². The number of methoxy groups -OCH3 is 1. The maximum Gasteiger partial charge on any atom is 0.311 e. The Kier molecular flexibility index (Phi) is 4.29. The molecule has 0 aliphatic heterocycles. The van der Waals surface area contributed by atoms with E-state index in [-0.39, 0.29) is 35.7 Å². The summed E-state index contributed by atoms with van der Waals surface area (Å²) in [5.41, 5.74) is -2.92. The maximum atomic E-state index is 12.7. The fourth-order valence-electron chi connectivity index (χ4n) is 8.35. The van der Waals surface area contributed by atoms with E-state index in [4.69, 9.17) is 4.74 Å². The fourth-order valence-corrected chi connectivity index (χ4v) is 8.35. The van der Waals surface area contributed by atoms with Crippen LogP contribution in [0.25, 0.3) is 0 Å². The van der Waals surface area contributed by atoms with Gasteiger partial charge in [0.05, 0.1) is 36.9 Å². The molecular weight excluding hydrogens is 348 g/mol. The highest BCUT2D eigenvalue weighted by molar-refractivity contribution is 5.77. The van der Waals surface area contributed by atoms with Gasteiger partial charge in [0, 0.05) is 11.3 Å². The summed E-state index contributed by atoms with van der Waals surface area (Å²) in [6.07, 6.45) is 2.97. The topological polar surface area (TPSA) is 107 Å². The molecule has 1 spiro atoms. The molecule has 154 valence electrons. The number of rotatable bonds is 2. The van der Waals surface area contributed by atoms with Crippen molar-refractivity contribution in [1.29, 1.82) is 0 Å². The van der Waals surface area contributed by atoms with E-state index in [0.29, 0.717) is 19.3 Å². The highest BCUT2D eigenvalue weighted by Crippen LogP contribution is 2.72. The molecule has 0 radical (unpaired) electrons. The van der Waals surface area contributed by atoms with Crippen molar-refractivity contribution >= 4 is 5.97 Å². The molecule has 0 aromatic rings. The first kappa shape index (κ1) is 19.6. The Balaban J connectivity index is 1.82. The minimum absolute atomic E-state index is 0.0451. The monoisotopic (exact) mass is 382 g/mol. The van der Waals surface area contributed by atoms with Crippen molar-refractivity contribution in [3.63, 3.8) is 0 Å². The van der Waals surface area contributed by atoms with Crippen molar-refractivity contribution in [1.82, 2.24) is 0 Å². The van der Waals surface area contributed by atoms with Crippen LogP contribution >= 0.6 is 0 Å². The van der Waals surface area contributed by atoms with E-state index in [9.17, 15) is 25.2 Å². The lowest BCUT2D eigenvalue weighted by Gasteiger charge is -2.66. The molecule has 4 fully saturated rings. The number of ether oxygens (including phenoxy) is 1. The zero-order valence-corrected chi connectivity index (χ0v) is 16.6. The third-order valence-corrected chi connectivity index (χ3v) is 9.30. The third kappa shape index (κ3) is 2.24. The average molecular weight is 382 g/mol. The first-order valence-electron chi connectivity index (χ1n) is 10.4. The number of aliphatic hydroxyl groups excluding tert-OH is 3. The summed E-state index contributed by atoms with van der Waals surface area (Å²) in [6.45, 7) is 3.73. The van der Waals surface area contributed by atoms with Gasteiger partial charge in [0.2, 0.25) is 0 Å². The Morgan fingerprint density at radius 2 is 1.89 bits per heavy atom. The van der Waals surface area contributed by atoms with Gasteiger partial charge in [-0.15, -0.1) is 0 Å². The lowest BCUT2D eigenvalue weighted by molar-refractivity contribution is -0.256. The van der Waals surface area contributed by atoms with Crippen molar-refractivity contribution < 1.29 is 30.0 Å². The van der Waals surface area contributed by atoms with E-state index in [0.717, 1.165) is 25.7 Å². The van der Waals surface area contributed by atoms with Gasteiger partial charge in [0.1, 0.15) is 0 Å². The number of hydrogen-bond donors (Lipinski definition) is 4. The number of carbonyl (C=O) groups is 1. The van der Waals surface area contributed by atoms with Gasteiger partial charge in [-0.25, -0.2) is 0 Å². The molecule has 6 nitrogen and oxygen atoms in total. The van der Waals surface area contributed by atoms with Crippen molar-refractivity contribution in [2.24, 2.45) is 34.0 Å². The van der Waals surface area contributed by atoms with Crippen LogP contribution in [-0.4, -0.2) is 57.9 Å². The molecule has 1 unspecified atom stereocenters. The SMILES string of the molecule is COC(=O)[C@]1(C)CCC[C@@]2(C)C3CC[C@@H]4C[C@]3(C[C@@]4(O)CO)[C@@H](O)[C@@H](O)[C@H]12. The average Bonchev–Trinajstić information content (AvgIpc) is 2.86. The zero-order chi connectivity index (χ0) is 19.8. The van der Waals surface area contributed by atoms with Crippen molar-refractivity contribution in [2.75, 3.05) is 13.7 Å². The Hall–Kier alpha value is -0.690. The molecule has 6 heteroatoms. The largest absolute Gasteiger partial charge is 0.469 e. The predicted octanol–water partition coefficient (Wildman–Crippen LogP) is 1.24. The Morgan fingerprint density at radius 3 is 2.52 bits per heavy atom. The second kappa shape index (κ2) is 5.91. The first-order chi connectivity index (χ1) is 12.6. The van der Waals surface area contributed by atoms with E-state index in [1.54, 1.807) is 0 Å². The van der Waals surface area contributed by atoms with Gasteiger partial charge in [0.15, 0.2) is 0 Å². The summed E-state index contributed by atoms with van der Waals surface area (Å²) < 4.78 is 5.11. The number of esters is 1. The van der Waals surface area contributed by atoms with E-state index in [1.165, 1.54) is 7.11 Å². The molecule has 4 rings (SSSR count). The van der Waals surface area contributed by atoms with Crippen LogP contribution in [0.2, 0.25) is 0 Å². The molecule has 0 heterocycles. The molecule has 4 N–H and O–H groups in total. The van der Waals surface area contributed by atoms with Gasteiger partial charge in [-0.3, -0.25) is 4.79 Å². The summed E-state index contributed by atoms with van der Waals surface area (Å²) in [7, 11) is 1.39. The smallest absolute Gasteiger partial charge is 0.311 e. The van der Waals surface area contributed by atoms with Gasteiger partial charge in [0.25, 0.3) is 0 Å². The summed E-state index contributed by atoms with van der Waals surface area (Å²) in [5.74, 6) is -0.630. The van der Waals surface area contributed by atoms with Crippen LogP contribution in [0.3, 0.4) is 0 Å². The van der Waals surface area contributed by atoms with Crippen LogP contribution in [0.5, 0.6) is 0 Å². The molecule has 27 heavy (non-hydrogen) atoms. The molecule has 0 aromatic heterocycles. The van der Waals surface area contributed by atoms with E-state index in [1.807, 2.05) is 6.92 Å². The number of hydrogen-bond acceptors (Lipinski definition) is 6. The zero-order valence-electron chi connectivity index (χ0n) is 16.6. The number of carbonyl (C=O) groups excluding carboxylic acids is 1. The highest BCUT2D eigenvalue weighted by Gasteiger charge is 2.73. The van der Waals surface area contributed by atoms with Gasteiger partial charge >= 0.3 is 5.97 Å². The van der Waals surface area contributed by atoms with Crippen LogP contribution < -0.4 is 0 Å². The molecule has 0 saturated heterocycles. The molecule has 0 aromatic carbocycles. The molecule has 4 aliphatic carbocycles. The van der Waals surface area contributed by atoms with E-state index in [2.05, 4.69) is 6.92 Å². The van der Waals surface area contributed by atoms with Gasteiger partial charge in [-0.05, 0) is 62.7 Å². The van der Waals surface area contributed by atoms with Crippen LogP contribution in [0.1, 0.15) is 58.8 Å². The molecule has 4 aliphatic rings. The van der Waals surface area contributed by atoms with Crippen molar-refractivity contribution in [2.45, 2.75) is 76.6 Å². The summed E-state index contributed by atoms with van der Waals surface area (Å²) >= 11 is 0. The standard InChI is InChI=1S/C21H34O6/c1-18-7-4-8-19(2,17(25)27-3)15(18)14(23)16(24)20-9-12(5-6-13(18)20)21(26,10-20)11-22/h12-16,22-24,26H,4-11H2,1-3H3/t12-,13?,14+,15+,16+,18+,19-,20-,21-/m1/s1. The molecular formula is C21H34O6. The van der Waals surface area contributed by atoms with Crippen LogP contribution in [0.4, 0.5) is 0 Å². The van der Waals surface area contributed by atoms with E-state index >= 15 is 0 Å². The fraction of sp³-hybridized carbons (Fsp3) is 0.952.